The van der Waals surface area contributed by atoms with E-state index in [1.54, 1.807) is 6.92 Å². The lowest BCUT2D eigenvalue weighted by molar-refractivity contribution is -0.156. The van der Waals surface area contributed by atoms with E-state index in [1.165, 1.54) is 12.3 Å². The van der Waals surface area contributed by atoms with Gasteiger partial charge >= 0.3 is 6.18 Å². The van der Waals surface area contributed by atoms with Crippen LogP contribution >= 0.6 is 0 Å². The summed E-state index contributed by atoms with van der Waals surface area (Å²) in [5, 5.41) is 10.1. The highest BCUT2D eigenvalue weighted by Crippen LogP contribution is 2.35. The maximum Gasteiger partial charge on any atom is 0.434 e. The zero-order valence-corrected chi connectivity index (χ0v) is 14.7. The van der Waals surface area contributed by atoms with Crippen molar-refractivity contribution in [3.8, 4) is 11.3 Å². The minimum absolute atomic E-state index is 0.0556. The van der Waals surface area contributed by atoms with E-state index >= 15 is 0 Å². The SMILES string of the molecule is Cc1ccc(C(O)(C(N)=O)C(F)F)cc1-c1cnc2c(N)nc(C(F)(F)F)cn12. The van der Waals surface area contributed by atoms with Crippen LogP contribution in [0.15, 0.2) is 30.6 Å². The molecule has 3 aromatic rings. The van der Waals surface area contributed by atoms with Gasteiger partial charge in [0.05, 0.1) is 11.9 Å². The molecule has 5 N–H and O–H groups in total. The molecule has 1 amide bonds. The number of imidazole rings is 1. The van der Waals surface area contributed by atoms with E-state index in [-0.39, 0.29) is 16.9 Å². The average molecular weight is 415 g/mol. The summed E-state index contributed by atoms with van der Waals surface area (Å²) in [6.45, 7) is 1.55. The Morgan fingerprint density at radius 2 is 1.93 bits per heavy atom. The van der Waals surface area contributed by atoms with Gasteiger partial charge in [0.15, 0.2) is 17.2 Å². The van der Waals surface area contributed by atoms with Crippen LogP contribution in [0, 0.1) is 6.92 Å². The fourth-order valence-electron chi connectivity index (χ4n) is 2.86. The number of primary amides is 1. The van der Waals surface area contributed by atoms with Gasteiger partial charge < -0.3 is 16.6 Å². The van der Waals surface area contributed by atoms with Crippen LogP contribution in [0.25, 0.3) is 16.9 Å². The van der Waals surface area contributed by atoms with Crippen LogP contribution in [0.2, 0.25) is 0 Å². The Morgan fingerprint density at radius 3 is 2.48 bits per heavy atom. The number of aliphatic hydroxyl groups is 1. The smallest absolute Gasteiger partial charge is 0.381 e. The monoisotopic (exact) mass is 415 g/mol. The van der Waals surface area contributed by atoms with Crippen molar-refractivity contribution in [1.29, 1.82) is 0 Å². The van der Waals surface area contributed by atoms with Crippen LogP contribution in [-0.4, -0.2) is 31.8 Å². The second-order valence-electron chi connectivity index (χ2n) is 6.31. The zero-order valence-electron chi connectivity index (χ0n) is 14.7. The van der Waals surface area contributed by atoms with Gasteiger partial charge in [0, 0.05) is 11.8 Å². The Balaban J connectivity index is 2.28. The first kappa shape index (κ1) is 20.5. The van der Waals surface area contributed by atoms with Crippen molar-refractivity contribution in [2.45, 2.75) is 25.1 Å². The topological polar surface area (TPSA) is 120 Å². The number of alkyl halides is 5. The molecule has 0 spiro atoms. The highest BCUT2D eigenvalue weighted by molar-refractivity contribution is 5.86. The molecule has 0 saturated carbocycles. The van der Waals surface area contributed by atoms with E-state index in [1.807, 2.05) is 0 Å². The van der Waals surface area contributed by atoms with Crippen molar-refractivity contribution in [3.63, 3.8) is 0 Å². The molecule has 0 fully saturated rings. The number of fused-ring (bicyclic) bond motifs is 1. The third-order valence-corrected chi connectivity index (χ3v) is 4.45. The summed E-state index contributed by atoms with van der Waals surface area (Å²) in [5.41, 5.74) is 5.99. The molecule has 12 heteroatoms. The molecule has 0 aliphatic rings. The average Bonchev–Trinajstić information content (AvgIpc) is 3.04. The number of nitrogens with zero attached hydrogens (tertiary/aromatic N) is 3. The third-order valence-electron chi connectivity index (χ3n) is 4.45. The molecular formula is C17H14F5N5O2. The van der Waals surface area contributed by atoms with Crippen molar-refractivity contribution in [2.75, 3.05) is 5.73 Å². The summed E-state index contributed by atoms with van der Waals surface area (Å²) in [4.78, 5) is 18.7. The molecule has 1 unspecified atom stereocenters. The lowest BCUT2D eigenvalue weighted by Crippen LogP contribution is -2.47. The number of aromatic nitrogens is 3. The van der Waals surface area contributed by atoms with Gasteiger partial charge in [-0.05, 0) is 24.1 Å². The first-order valence-electron chi connectivity index (χ1n) is 8.00. The molecule has 1 atom stereocenters. The Labute approximate surface area is 159 Å². The van der Waals surface area contributed by atoms with Crippen molar-refractivity contribution in [2.24, 2.45) is 5.73 Å². The number of aryl methyl sites for hydroxylation is 1. The van der Waals surface area contributed by atoms with E-state index in [0.717, 1.165) is 16.5 Å². The Morgan fingerprint density at radius 1 is 1.28 bits per heavy atom. The van der Waals surface area contributed by atoms with Gasteiger partial charge in [0.25, 0.3) is 12.3 Å². The van der Waals surface area contributed by atoms with Crippen molar-refractivity contribution in [1.82, 2.24) is 14.4 Å². The van der Waals surface area contributed by atoms with Crippen LogP contribution in [-0.2, 0) is 16.6 Å². The van der Waals surface area contributed by atoms with E-state index in [2.05, 4.69) is 9.97 Å². The van der Waals surface area contributed by atoms with Gasteiger partial charge in [-0.1, -0.05) is 12.1 Å². The molecule has 3 rings (SSSR count). The number of hydrogen-bond donors (Lipinski definition) is 3. The molecule has 0 radical (unpaired) electrons. The number of benzene rings is 1. The van der Waals surface area contributed by atoms with Crippen molar-refractivity contribution >= 4 is 17.4 Å². The van der Waals surface area contributed by atoms with Gasteiger partial charge in [0.1, 0.15) is 0 Å². The van der Waals surface area contributed by atoms with E-state index in [0.29, 0.717) is 11.8 Å². The van der Waals surface area contributed by atoms with Crippen molar-refractivity contribution < 1.29 is 31.9 Å². The standard InChI is InChI=1S/C17H14F5N5O2/c1-7-2-3-8(16(29,14(18)19)15(24)28)4-9(7)10-5-25-13-12(23)26-11(6-27(10)13)17(20,21)22/h2-6,14,29H,1H3,(H2,23,26)(H2,24,28). The van der Waals surface area contributed by atoms with Crippen LogP contribution in [0.1, 0.15) is 16.8 Å². The number of amides is 1. The number of carbonyl (C=O) groups is 1. The fraction of sp³-hybridized carbons (Fsp3) is 0.235. The maximum absolute atomic E-state index is 13.4. The van der Waals surface area contributed by atoms with Crippen LogP contribution in [0.4, 0.5) is 27.8 Å². The number of hydrogen-bond acceptors (Lipinski definition) is 5. The molecule has 0 saturated heterocycles. The molecule has 2 heterocycles. The normalized spacial score (nSPS) is 14.3. The molecule has 29 heavy (non-hydrogen) atoms. The van der Waals surface area contributed by atoms with E-state index in [4.69, 9.17) is 11.5 Å². The molecule has 154 valence electrons. The highest BCUT2D eigenvalue weighted by atomic mass is 19.4. The predicted molar refractivity (Wildman–Crippen MR) is 91.7 cm³/mol. The van der Waals surface area contributed by atoms with Gasteiger partial charge in [-0.3, -0.25) is 9.20 Å². The molecule has 0 bridgehead atoms. The molecule has 1 aromatic carbocycles. The quantitative estimate of drug-likeness (QED) is 0.565. The number of rotatable bonds is 4. The lowest BCUT2D eigenvalue weighted by atomic mass is 9.90. The Kier molecular flexibility index (Phi) is 4.69. The number of nitrogens with two attached hydrogens (primary N) is 2. The summed E-state index contributed by atoms with van der Waals surface area (Å²) in [7, 11) is 0. The maximum atomic E-state index is 13.4. The highest BCUT2D eigenvalue weighted by Gasteiger charge is 2.46. The molecule has 7 nitrogen and oxygen atoms in total. The number of carbonyl (C=O) groups excluding carboxylic acids is 1. The van der Waals surface area contributed by atoms with Crippen LogP contribution in [0.3, 0.4) is 0 Å². The predicted octanol–water partition coefficient (Wildman–Crippen LogP) is 2.24. The third kappa shape index (κ3) is 3.24. The van der Waals surface area contributed by atoms with Gasteiger partial charge in [-0.25, -0.2) is 18.7 Å². The summed E-state index contributed by atoms with van der Waals surface area (Å²) in [6.07, 6.45) is -6.49. The summed E-state index contributed by atoms with van der Waals surface area (Å²) >= 11 is 0. The number of anilines is 1. The summed E-state index contributed by atoms with van der Waals surface area (Å²) in [5.74, 6) is -2.16. The van der Waals surface area contributed by atoms with E-state index in [9.17, 15) is 31.9 Å². The minimum Gasteiger partial charge on any atom is -0.381 e. The van der Waals surface area contributed by atoms with Crippen LogP contribution < -0.4 is 11.5 Å². The largest absolute Gasteiger partial charge is 0.434 e. The molecular weight excluding hydrogens is 401 g/mol. The first-order valence-corrected chi connectivity index (χ1v) is 8.00. The molecule has 0 aliphatic carbocycles. The number of nitrogen functional groups attached to an aromatic ring is 1. The van der Waals surface area contributed by atoms with E-state index < -0.39 is 41.2 Å². The lowest BCUT2D eigenvalue weighted by Gasteiger charge is -2.25. The van der Waals surface area contributed by atoms with Crippen molar-refractivity contribution in [3.05, 3.63) is 47.4 Å². The zero-order chi connectivity index (χ0) is 21.7. The summed E-state index contributed by atoms with van der Waals surface area (Å²) in [6, 6.07) is 3.44. The van der Waals surface area contributed by atoms with Gasteiger partial charge in [0.2, 0.25) is 5.60 Å². The summed E-state index contributed by atoms with van der Waals surface area (Å²) < 4.78 is 67.0. The fourth-order valence-corrected chi connectivity index (χ4v) is 2.86. The second-order valence-corrected chi connectivity index (χ2v) is 6.31. The van der Waals surface area contributed by atoms with Gasteiger partial charge in [-0.2, -0.15) is 13.2 Å². The molecule has 2 aromatic heterocycles. The van der Waals surface area contributed by atoms with Gasteiger partial charge in [-0.15, -0.1) is 0 Å². The number of halogens is 5. The molecule has 0 aliphatic heterocycles. The second kappa shape index (κ2) is 6.65. The van der Waals surface area contributed by atoms with Crippen LogP contribution in [0.5, 0.6) is 0 Å². The minimum atomic E-state index is -4.79. The first-order chi connectivity index (χ1) is 13.4. The Bertz CT molecular complexity index is 1110. The Hall–Kier alpha value is -3.28.